The zero-order chi connectivity index (χ0) is 29.6. The Morgan fingerprint density at radius 1 is 0.860 bits per heavy atom. The maximum atomic E-state index is 12.6. The van der Waals surface area contributed by atoms with Gasteiger partial charge in [0.15, 0.2) is 6.29 Å². The van der Waals surface area contributed by atoms with Crippen LogP contribution < -0.4 is 10.2 Å². The van der Waals surface area contributed by atoms with Crippen molar-refractivity contribution >= 4 is 17.5 Å². The maximum Gasteiger partial charge on any atom is 0.255 e. The number of amides is 1. The van der Waals surface area contributed by atoms with Gasteiger partial charge in [0.1, 0.15) is 0 Å². The molecule has 6 rings (SSSR count). The predicted octanol–water partition coefficient (Wildman–Crippen LogP) is 4.83. The van der Waals surface area contributed by atoms with Crippen molar-refractivity contribution in [2.24, 2.45) is 5.92 Å². The van der Waals surface area contributed by atoms with E-state index in [1.807, 2.05) is 72.8 Å². The fourth-order valence-electron chi connectivity index (χ4n) is 5.68. The number of benzene rings is 3. The van der Waals surface area contributed by atoms with Crippen molar-refractivity contribution in [1.82, 2.24) is 14.9 Å². The van der Waals surface area contributed by atoms with Gasteiger partial charge in [-0.1, -0.05) is 61.5 Å². The summed E-state index contributed by atoms with van der Waals surface area (Å²) in [6.45, 7) is 6.45. The Bertz CT molecular complexity index is 1460. The Morgan fingerprint density at radius 3 is 2.21 bits per heavy atom. The molecular weight excluding hydrogens is 542 g/mol. The molecule has 4 unspecified atom stereocenters. The zero-order valence-corrected chi connectivity index (χ0v) is 24.3. The number of anilines is 2. The van der Waals surface area contributed by atoms with Gasteiger partial charge >= 0.3 is 0 Å². The fourth-order valence-corrected chi connectivity index (χ4v) is 5.68. The molecule has 0 aliphatic carbocycles. The van der Waals surface area contributed by atoms with Crippen LogP contribution >= 0.6 is 0 Å². The van der Waals surface area contributed by atoms with Gasteiger partial charge in [-0.25, -0.2) is 9.97 Å². The summed E-state index contributed by atoms with van der Waals surface area (Å²) in [4.78, 5) is 26.1. The van der Waals surface area contributed by atoms with Crippen molar-refractivity contribution in [2.45, 2.75) is 32.0 Å². The van der Waals surface area contributed by atoms with Gasteiger partial charge < -0.3 is 24.8 Å². The number of rotatable bonds is 8. The average Bonchev–Trinajstić information content (AvgIpc) is 3.07. The Labute approximate surface area is 252 Å². The number of ether oxygens (including phenoxy) is 2. The second kappa shape index (κ2) is 13.4. The van der Waals surface area contributed by atoms with Crippen molar-refractivity contribution in [3.05, 3.63) is 120 Å². The Hall–Kier alpha value is -4.15. The Kier molecular flexibility index (Phi) is 9.04. The highest BCUT2D eigenvalue weighted by molar-refractivity contribution is 6.04. The lowest BCUT2D eigenvalue weighted by molar-refractivity contribution is -0.276. The second-order valence-corrected chi connectivity index (χ2v) is 11.1. The quantitative estimate of drug-likeness (QED) is 0.306. The molecule has 0 bridgehead atoms. The minimum Gasteiger partial charge on any atom is -0.392 e. The molecule has 4 aromatic rings. The van der Waals surface area contributed by atoms with E-state index in [0.717, 1.165) is 55.4 Å². The number of hydrogen-bond acceptors (Lipinski definition) is 8. The number of hydrogen-bond donors (Lipinski definition) is 2. The summed E-state index contributed by atoms with van der Waals surface area (Å²) in [5.74, 6) is 0.710. The minimum absolute atomic E-state index is 0.00285. The van der Waals surface area contributed by atoms with Crippen LogP contribution in [0.3, 0.4) is 0 Å². The maximum absolute atomic E-state index is 12.6. The number of aromatic nitrogens is 2. The van der Waals surface area contributed by atoms with E-state index in [2.05, 4.69) is 32.0 Å². The van der Waals surface area contributed by atoms with Crippen LogP contribution in [0.5, 0.6) is 0 Å². The summed E-state index contributed by atoms with van der Waals surface area (Å²) >= 11 is 0. The van der Waals surface area contributed by atoms with E-state index >= 15 is 0 Å². The van der Waals surface area contributed by atoms with Crippen LogP contribution in [-0.2, 0) is 16.1 Å². The van der Waals surface area contributed by atoms with E-state index in [1.165, 1.54) is 0 Å². The molecule has 222 valence electrons. The summed E-state index contributed by atoms with van der Waals surface area (Å²) < 4.78 is 13.3. The van der Waals surface area contributed by atoms with Crippen molar-refractivity contribution < 1.29 is 19.4 Å². The fraction of sp³-hybridized carbons (Fsp3) is 0.324. The predicted molar refractivity (Wildman–Crippen MR) is 164 cm³/mol. The van der Waals surface area contributed by atoms with Gasteiger partial charge in [0.05, 0.1) is 18.8 Å². The molecule has 3 aromatic carbocycles. The van der Waals surface area contributed by atoms with E-state index in [9.17, 15) is 9.90 Å². The number of carbonyl (C=O) groups excluding carboxylic acids is 1. The molecule has 2 aliphatic rings. The minimum atomic E-state index is -0.568. The Morgan fingerprint density at radius 2 is 1.53 bits per heavy atom. The summed E-state index contributed by atoms with van der Waals surface area (Å²) in [6, 6.07) is 26.6. The number of nitrogens with zero attached hydrogens (tertiary/aromatic N) is 4. The third-order valence-corrected chi connectivity index (χ3v) is 8.25. The van der Waals surface area contributed by atoms with Crippen LogP contribution in [0.2, 0.25) is 0 Å². The molecule has 2 aliphatic heterocycles. The van der Waals surface area contributed by atoms with Crippen LogP contribution in [0.25, 0.3) is 0 Å². The molecule has 1 aromatic heterocycles. The molecule has 4 atom stereocenters. The Balaban J connectivity index is 1.17. The molecule has 0 saturated carbocycles. The van der Waals surface area contributed by atoms with Gasteiger partial charge in [0, 0.05) is 67.8 Å². The normalized spacial score (nSPS) is 22.7. The topological polar surface area (TPSA) is 100 Å². The van der Waals surface area contributed by atoms with Crippen molar-refractivity contribution in [1.29, 1.82) is 0 Å². The molecule has 0 spiro atoms. The monoisotopic (exact) mass is 579 g/mol. The van der Waals surface area contributed by atoms with Gasteiger partial charge in [-0.05, 0) is 41.5 Å². The number of aliphatic hydroxyl groups is 1. The van der Waals surface area contributed by atoms with E-state index in [4.69, 9.17) is 9.47 Å². The van der Waals surface area contributed by atoms with Crippen LogP contribution in [0.15, 0.2) is 97.3 Å². The average molecular weight is 580 g/mol. The highest BCUT2D eigenvalue weighted by atomic mass is 16.7. The molecule has 9 heteroatoms. The SMILES string of the molecule is CC1C(CN2CCN(c3ncccn3)CC2)OC(c2ccc(NC(=O)c3ccccc3)cc2)OC1c1ccc(CO)cc1. The second-order valence-electron chi connectivity index (χ2n) is 11.1. The zero-order valence-electron chi connectivity index (χ0n) is 24.3. The number of nitrogens with one attached hydrogen (secondary N) is 1. The molecule has 0 radical (unpaired) electrons. The van der Waals surface area contributed by atoms with E-state index in [1.54, 1.807) is 24.5 Å². The molecule has 43 heavy (non-hydrogen) atoms. The standard InChI is InChI=1S/C34H37N5O4/c1-24-30(22-38-18-20-39(21-19-38)34-35-16-5-17-36-34)42-33(43-31(24)26-10-8-25(23-40)9-11-26)28-12-14-29(15-13-28)37-32(41)27-6-3-2-4-7-27/h2-17,24,30-31,33,40H,18-23H2,1H3,(H,37,41). The van der Waals surface area contributed by atoms with Crippen LogP contribution in [0.4, 0.5) is 11.6 Å². The smallest absolute Gasteiger partial charge is 0.255 e. The summed E-state index contributed by atoms with van der Waals surface area (Å²) in [5, 5.41) is 12.5. The molecule has 9 nitrogen and oxygen atoms in total. The largest absolute Gasteiger partial charge is 0.392 e. The molecule has 2 saturated heterocycles. The first-order chi connectivity index (χ1) is 21.1. The molecule has 1 amide bonds. The first-order valence-electron chi connectivity index (χ1n) is 14.8. The van der Waals surface area contributed by atoms with E-state index in [0.29, 0.717) is 11.3 Å². The third-order valence-electron chi connectivity index (χ3n) is 8.25. The third kappa shape index (κ3) is 6.92. The van der Waals surface area contributed by atoms with Gasteiger partial charge in [-0.3, -0.25) is 9.69 Å². The summed E-state index contributed by atoms with van der Waals surface area (Å²) in [7, 11) is 0. The first kappa shape index (κ1) is 28.9. The molecule has 3 heterocycles. The van der Waals surface area contributed by atoms with Crippen LogP contribution in [0.1, 0.15) is 46.4 Å². The van der Waals surface area contributed by atoms with Crippen LogP contribution in [-0.4, -0.2) is 64.7 Å². The lowest BCUT2D eigenvalue weighted by atomic mass is 9.90. The van der Waals surface area contributed by atoms with Gasteiger partial charge in [-0.2, -0.15) is 0 Å². The lowest BCUT2D eigenvalue weighted by Crippen LogP contribution is -2.51. The first-order valence-corrected chi connectivity index (χ1v) is 14.8. The molecule has 2 fully saturated rings. The van der Waals surface area contributed by atoms with Gasteiger partial charge in [-0.15, -0.1) is 0 Å². The van der Waals surface area contributed by atoms with Crippen molar-refractivity contribution in [3.63, 3.8) is 0 Å². The number of piperazine rings is 1. The highest BCUT2D eigenvalue weighted by Crippen LogP contribution is 2.42. The summed E-state index contributed by atoms with van der Waals surface area (Å²) in [6.07, 6.45) is 2.74. The summed E-state index contributed by atoms with van der Waals surface area (Å²) in [5.41, 5.74) is 4.12. The van der Waals surface area contributed by atoms with Crippen molar-refractivity contribution in [3.8, 4) is 0 Å². The van der Waals surface area contributed by atoms with Crippen molar-refractivity contribution in [2.75, 3.05) is 42.9 Å². The number of aliphatic hydroxyl groups excluding tert-OH is 1. The van der Waals surface area contributed by atoms with E-state index < -0.39 is 6.29 Å². The van der Waals surface area contributed by atoms with Gasteiger partial charge in [0.25, 0.3) is 5.91 Å². The highest BCUT2D eigenvalue weighted by Gasteiger charge is 2.39. The lowest BCUT2D eigenvalue weighted by Gasteiger charge is -2.44. The molecular formula is C34H37N5O4. The van der Waals surface area contributed by atoms with Gasteiger partial charge in [0.2, 0.25) is 5.95 Å². The number of carbonyl (C=O) groups is 1. The van der Waals surface area contributed by atoms with E-state index in [-0.39, 0.29) is 30.6 Å². The molecule has 2 N–H and O–H groups in total. The van der Waals surface area contributed by atoms with Crippen LogP contribution in [0, 0.1) is 5.92 Å².